The maximum atomic E-state index is 12.0. The first-order valence-electron chi connectivity index (χ1n) is 7.07. The van der Waals surface area contributed by atoms with Crippen molar-refractivity contribution in [1.82, 2.24) is 10.6 Å². The molecule has 0 aromatic heterocycles. The van der Waals surface area contributed by atoms with Gasteiger partial charge in [0.1, 0.15) is 18.6 Å². The summed E-state index contributed by atoms with van der Waals surface area (Å²) in [7, 11) is 1.21. The van der Waals surface area contributed by atoms with Crippen molar-refractivity contribution in [2.24, 2.45) is 5.41 Å². The van der Waals surface area contributed by atoms with Crippen LogP contribution in [0.1, 0.15) is 13.3 Å². The van der Waals surface area contributed by atoms with Gasteiger partial charge in [0.2, 0.25) is 0 Å². The minimum absolute atomic E-state index is 0.233. The molecule has 0 spiro atoms. The molecule has 0 bridgehead atoms. The van der Waals surface area contributed by atoms with Gasteiger partial charge in [0.05, 0.1) is 7.11 Å². The van der Waals surface area contributed by atoms with Gasteiger partial charge >= 0.3 is 18.2 Å². The van der Waals surface area contributed by atoms with Crippen LogP contribution < -0.4 is 10.6 Å². The monoisotopic (exact) mass is 328 g/mol. The fourth-order valence-corrected chi connectivity index (χ4v) is 1.54. The van der Waals surface area contributed by atoms with Crippen molar-refractivity contribution in [2.75, 3.05) is 33.4 Å². The van der Waals surface area contributed by atoms with Gasteiger partial charge in [0.15, 0.2) is 0 Å². The molecule has 0 rings (SSSR count). The minimum Gasteiger partial charge on any atom is -0.468 e. The van der Waals surface area contributed by atoms with E-state index in [1.54, 1.807) is 6.92 Å². The Morgan fingerprint density at radius 2 is 1.43 bits per heavy atom. The molecule has 0 aliphatic rings. The first kappa shape index (κ1) is 20.5. The number of amides is 2. The molecule has 0 radical (unpaired) electrons. The van der Waals surface area contributed by atoms with Gasteiger partial charge in [-0.15, -0.1) is 13.2 Å². The van der Waals surface area contributed by atoms with Crippen LogP contribution in [0.3, 0.4) is 0 Å². The van der Waals surface area contributed by atoms with Crippen molar-refractivity contribution in [1.29, 1.82) is 0 Å². The van der Waals surface area contributed by atoms with E-state index in [9.17, 15) is 14.4 Å². The highest BCUT2D eigenvalue weighted by Crippen LogP contribution is 2.25. The lowest BCUT2D eigenvalue weighted by atomic mass is 9.87. The third kappa shape index (κ3) is 7.35. The molecule has 8 nitrogen and oxygen atoms in total. The van der Waals surface area contributed by atoms with Crippen LogP contribution in [0, 0.1) is 5.41 Å². The van der Waals surface area contributed by atoms with Crippen molar-refractivity contribution < 1.29 is 28.6 Å². The van der Waals surface area contributed by atoms with Crippen molar-refractivity contribution in [3.05, 3.63) is 25.3 Å². The van der Waals surface area contributed by atoms with E-state index >= 15 is 0 Å². The number of hydrogen-bond acceptors (Lipinski definition) is 6. The summed E-state index contributed by atoms with van der Waals surface area (Å²) in [4.78, 5) is 35.0. The summed E-state index contributed by atoms with van der Waals surface area (Å²) < 4.78 is 14.8. The largest absolute Gasteiger partial charge is 0.468 e. The summed E-state index contributed by atoms with van der Waals surface area (Å²) in [6.45, 7) is 8.51. The fraction of sp³-hybridized carbons (Fsp3) is 0.533. The number of nitrogens with one attached hydrogen (secondary N) is 2. The lowest BCUT2D eigenvalue weighted by molar-refractivity contribution is -0.158. The molecule has 0 aromatic rings. The topological polar surface area (TPSA) is 103 Å². The fourth-order valence-electron chi connectivity index (χ4n) is 1.54. The van der Waals surface area contributed by atoms with Gasteiger partial charge < -0.3 is 24.8 Å². The van der Waals surface area contributed by atoms with Crippen molar-refractivity contribution in [3.63, 3.8) is 0 Å². The molecule has 130 valence electrons. The SMILES string of the molecule is C=CCNC(=O)OCC(CC)(COC(=O)NCC=C)C(=O)OC. The van der Waals surface area contributed by atoms with E-state index in [-0.39, 0.29) is 32.7 Å². The Morgan fingerprint density at radius 1 is 1.00 bits per heavy atom. The quantitative estimate of drug-likeness (QED) is 0.357. The highest BCUT2D eigenvalue weighted by Gasteiger charge is 2.41. The predicted octanol–water partition coefficient (Wildman–Crippen LogP) is 1.38. The maximum absolute atomic E-state index is 12.0. The molecule has 0 saturated heterocycles. The summed E-state index contributed by atoms with van der Waals surface area (Å²) in [5.41, 5.74) is -1.27. The third-order valence-electron chi connectivity index (χ3n) is 3.04. The van der Waals surface area contributed by atoms with E-state index in [1.807, 2.05) is 0 Å². The molecule has 0 heterocycles. The lowest BCUT2D eigenvalue weighted by Crippen LogP contribution is -2.44. The highest BCUT2D eigenvalue weighted by atomic mass is 16.6. The number of carbonyl (C=O) groups excluding carboxylic acids is 3. The first-order valence-corrected chi connectivity index (χ1v) is 7.07. The second-order valence-corrected chi connectivity index (χ2v) is 4.62. The van der Waals surface area contributed by atoms with Gasteiger partial charge in [0.25, 0.3) is 0 Å². The standard InChI is InChI=1S/C15H24N2O6/c1-5-8-16-13(19)22-10-15(7-3,12(18)21-4)11-23-14(20)17-9-6-2/h5-6H,1-2,7-11H2,3-4H3,(H,16,19)(H,17,20). The van der Waals surface area contributed by atoms with Crippen LogP contribution in [0.4, 0.5) is 9.59 Å². The molecule has 8 heteroatoms. The van der Waals surface area contributed by atoms with Crippen LogP contribution in [-0.2, 0) is 19.0 Å². The second kappa shape index (κ2) is 11.1. The van der Waals surface area contributed by atoms with E-state index in [2.05, 4.69) is 23.8 Å². The van der Waals surface area contributed by atoms with Crippen molar-refractivity contribution >= 4 is 18.2 Å². The predicted molar refractivity (Wildman–Crippen MR) is 83.8 cm³/mol. The van der Waals surface area contributed by atoms with Gasteiger partial charge in [-0.1, -0.05) is 19.1 Å². The number of carbonyl (C=O) groups is 3. The van der Waals surface area contributed by atoms with E-state index in [0.29, 0.717) is 0 Å². The number of rotatable bonds is 10. The molecule has 0 unspecified atom stereocenters. The number of ether oxygens (including phenoxy) is 3. The molecule has 0 atom stereocenters. The van der Waals surface area contributed by atoms with Crippen LogP contribution in [0.25, 0.3) is 0 Å². The first-order chi connectivity index (χ1) is 11.0. The Labute approximate surface area is 135 Å². The van der Waals surface area contributed by atoms with Gasteiger partial charge in [-0.2, -0.15) is 0 Å². The van der Waals surface area contributed by atoms with Gasteiger partial charge in [0, 0.05) is 13.1 Å². The zero-order chi connectivity index (χ0) is 17.7. The minimum atomic E-state index is -1.27. The van der Waals surface area contributed by atoms with E-state index in [4.69, 9.17) is 14.2 Å². The number of hydrogen-bond donors (Lipinski definition) is 2. The lowest BCUT2D eigenvalue weighted by Gasteiger charge is -2.28. The Bertz CT molecular complexity index is 408. The Morgan fingerprint density at radius 3 is 1.74 bits per heavy atom. The molecule has 0 aromatic carbocycles. The van der Waals surface area contributed by atoms with E-state index < -0.39 is 23.6 Å². The molecule has 23 heavy (non-hydrogen) atoms. The number of methoxy groups -OCH3 is 1. The average molecular weight is 328 g/mol. The van der Waals surface area contributed by atoms with Crippen LogP contribution in [0.5, 0.6) is 0 Å². The zero-order valence-electron chi connectivity index (χ0n) is 13.6. The van der Waals surface area contributed by atoms with Crippen LogP contribution in [0.2, 0.25) is 0 Å². The van der Waals surface area contributed by atoms with Gasteiger partial charge in [-0.3, -0.25) is 4.79 Å². The third-order valence-corrected chi connectivity index (χ3v) is 3.04. The van der Waals surface area contributed by atoms with Gasteiger partial charge in [-0.25, -0.2) is 9.59 Å². The van der Waals surface area contributed by atoms with Gasteiger partial charge in [-0.05, 0) is 6.42 Å². The summed E-state index contributed by atoms with van der Waals surface area (Å²) in [5.74, 6) is -0.631. The molecule has 0 aliphatic carbocycles. The summed E-state index contributed by atoms with van der Waals surface area (Å²) in [6.07, 6.45) is 1.82. The Kier molecular flexibility index (Phi) is 9.90. The second-order valence-electron chi connectivity index (χ2n) is 4.62. The highest BCUT2D eigenvalue weighted by molar-refractivity contribution is 5.78. The van der Waals surface area contributed by atoms with E-state index in [1.165, 1.54) is 19.3 Å². The Balaban J connectivity index is 4.78. The molecular weight excluding hydrogens is 304 g/mol. The summed E-state index contributed by atoms with van der Waals surface area (Å²) >= 11 is 0. The molecule has 0 saturated carbocycles. The Hall–Kier alpha value is -2.51. The van der Waals surface area contributed by atoms with E-state index in [0.717, 1.165) is 0 Å². The zero-order valence-corrected chi connectivity index (χ0v) is 13.6. The molecule has 0 aliphatic heterocycles. The molecule has 0 fully saturated rings. The normalized spacial score (nSPS) is 10.2. The smallest absolute Gasteiger partial charge is 0.407 e. The molecule has 2 amide bonds. The number of esters is 1. The van der Waals surface area contributed by atoms with Crippen molar-refractivity contribution in [3.8, 4) is 0 Å². The summed E-state index contributed by atoms with van der Waals surface area (Å²) in [5, 5.41) is 4.83. The van der Waals surface area contributed by atoms with Crippen LogP contribution in [-0.4, -0.2) is 51.6 Å². The van der Waals surface area contributed by atoms with Crippen LogP contribution in [0.15, 0.2) is 25.3 Å². The molecule has 2 N–H and O–H groups in total. The maximum Gasteiger partial charge on any atom is 0.407 e. The average Bonchev–Trinajstić information content (AvgIpc) is 2.57. The molecular formula is C15H24N2O6. The summed E-state index contributed by atoms with van der Waals surface area (Å²) in [6, 6.07) is 0. The van der Waals surface area contributed by atoms with Crippen molar-refractivity contribution in [2.45, 2.75) is 13.3 Å². The van der Waals surface area contributed by atoms with Crippen LogP contribution >= 0.6 is 0 Å². The number of alkyl carbamates (subject to hydrolysis) is 2.